The number of carboxylic acids is 1. The number of unbranched alkanes of at least 4 members (excludes halogenated alkanes) is 9. The first-order valence-electron chi connectivity index (χ1n) is 7.03. The van der Waals surface area contributed by atoms with E-state index in [1.807, 2.05) is 0 Å². The van der Waals surface area contributed by atoms with Gasteiger partial charge < -0.3 is 5.11 Å². The van der Waals surface area contributed by atoms with Crippen LogP contribution in [0.3, 0.4) is 0 Å². The minimum atomic E-state index is -0.689. The molecule has 0 aromatic rings. The average molecular weight is 277 g/mol. The summed E-state index contributed by atoms with van der Waals surface area (Å²) in [6.45, 7) is 0. The molecule has 0 heterocycles. The van der Waals surface area contributed by atoms with Gasteiger partial charge in [0, 0.05) is 12.8 Å². The summed E-state index contributed by atoms with van der Waals surface area (Å²) >= 11 is 5.24. The van der Waals surface area contributed by atoms with E-state index in [1.165, 1.54) is 32.1 Å². The molecule has 0 bridgehead atoms. The summed E-state index contributed by atoms with van der Waals surface area (Å²) in [6.07, 6.45) is 11.9. The average Bonchev–Trinajstić information content (AvgIpc) is 2.29. The molecule has 0 aliphatic rings. The Morgan fingerprint density at radius 3 is 1.33 bits per heavy atom. The zero-order valence-corrected chi connectivity index (χ0v) is 11.9. The number of hydrogen-bond donors (Lipinski definition) is 1. The van der Waals surface area contributed by atoms with Gasteiger partial charge in [-0.25, -0.2) is 0 Å². The molecule has 0 fully saturated rings. The predicted octanol–water partition coefficient (Wildman–Crippen LogP) is 4.52. The fourth-order valence-electron chi connectivity index (χ4n) is 1.95. The molecular formula is C14H25ClO3. The maximum Gasteiger partial charge on any atom is 0.303 e. The Kier molecular flexibility index (Phi) is 12.5. The molecule has 0 aromatic carbocycles. The highest BCUT2D eigenvalue weighted by Crippen LogP contribution is 2.12. The second-order valence-electron chi connectivity index (χ2n) is 4.78. The highest BCUT2D eigenvalue weighted by molar-refractivity contribution is 6.63. The third-order valence-electron chi connectivity index (χ3n) is 3.01. The van der Waals surface area contributed by atoms with E-state index in [1.54, 1.807) is 0 Å². The first-order valence-corrected chi connectivity index (χ1v) is 7.41. The van der Waals surface area contributed by atoms with Crippen molar-refractivity contribution in [2.75, 3.05) is 0 Å². The first-order chi connectivity index (χ1) is 8.63. The fourth-order valence-corrected chi connectivity index (χ4v) is 2.09. The summed E-state index contributed by atoms with van der Waals surface area (Å²) in [5, 5.41) is 8.24. The number of rotatable bonds is 13. The van der Waals surface area contributed by atoms with Gasteiger partial charge in [0.05, 0.1) is 0 Å². The van der Waals surface area contributed by atoms with Gasteiger partial charge in [-0.05, 0) is 24.4 Å². The van der Waals surface area contributed by atoms with Crippen molar-refractivity contribution in [3.8, 4) is 0 Å². The number of hydrogen-bond acceptors (Lipinski definition) is 2. The number of halogens is 1. The molecule has 0 atom stereocenters. The van der Waals surface area contributed by atoms with Crippen LogP contribution in [0.5, 0.6) is 0 Å². The number of carbonyl (C=O) groups excluding carboxylic acids is 1. The summed E-state index contributed by atoms with van der Waals surface area (Å²) in [6, 6.07) is 0. The molecule has 0 unspecified atom stereocenters. The van der Waals surface area contributed by atoms with Gasteiger partial charge in [-0.15, -0.1) is 0 Å². The van der Waals surface area contributed by atoms with Crippen LogP contribution in [0.2, 0.25) is 0 Å². The lowest BCUT2D eigenvalue weighted by Crippen LogP contribution is -1.93. The SMILES string of the molecule is O=C(O)CCCCCCCCCCCCC(=O)Cl. The van der Waals surface area contributed by atoms with E-state index >= 15 is 0 Å². The van der Waals surface area contributed by atoms with Gasteiger partial charge in [-0.2, -0.15) is 0 Å². The lowest BCUT2D eigenvalue weighted by Gasteiger charge is -2.01. The van der Waals surface area contributed by atoms with Gasteiger partial charge in [-0.1, -0.05) is 51.4 Å². The van der Waals surface area contributed by atoms with Gasteiger partial charge in [0.25, 0.3) is 0 Å². The van der Waals surface area contributed by atoms with E-state index in [4.69, 9.17) is 16.7 Å². The van der Waals surface area contributed by atoms with Gasteiger partial charge in [0.2, 0.25) is 5.24 Å². The monoisotopic (exact) mass is 276 g/mol. The van der Waals surface area contributed by atoms with E-state index in [-0.39, 0.29) is 5.24 Å². The predicted molar refractivity (Wildman–Crippen MR) is 73.9 cm³/mol. The third-order valence-corrected chi connectivity index (χ3v) is 3.20. The Morgan fingerprint density at radius 1 is 0.667 bits per heavy atom. The van der Waals surface area contributed by atoms with Crippen molar-refractivity contribution in [3.63, 3.8) is 0 Å². The van der Waals surface area contributed by atoms with Crippen LogP contribution in [-0.2, 0) is 9.59 Å². The van der Waals surface area contributed by atoms with Crippen LogP contribution in [0.1, 0.15) is 77.0 Å². The molecule has 0 saturated heterocycles. The van der Waals surface area contributed by atoms with Gasteiger partial charge in [0.15, 0.2) is 0 Å². The Hall–Kier alpha value is -0.570. The van der Waals surface area contributed by atoms with Gasteiger partial charge >= 0.3 is 5.97 Å². The second-order valence-corrected chi connectivity index (χ2v) is 5.21. The summed E-state index contributed by atoms with van der Waals surface area (Å²) in [5.74, 6) is -0.689. The highest BCUT2D eigenvalue weighted by Gasteiger charge is 1.97. The molecule has 3 nitrogen and oxygen atoms in total. The van der Waals surface area contributed by atoms with Gasteiger partial charge in [-0.3, -0.25) is 9.59 Å². The summed E-state index contributed by atoms with van der Waals surface area (Å²) in [7, 11) is 0. The molecule has 0 radical (unpaired) electrons. The van der Waals surface area contributed by atoms with Crippen molar-refractivity contribution < 1.29 is 14.7 Å². The van der Waals surface area contributed by atoms with Crippen molar-refractivity contribution >= 4 is 22.8 Å². The van der Waals surface area contributed by atoms with Crippen LogP contribution < -0.4 is 0 Å². The molecule has 0 amide bonds. The van der Waals surface area contributed by atoms with Crippen LogP contribution in [0.25, 0.3) is 0 Å². The molecule has 0 rings (SSSR count). The lowest BCUT2D eigenvalue weighted by atomic mass is 10.1. The minimum Gasteiger partial charge on any atom is -0.481 e. The van der Waals surface area contributed by atoms with E-state index in [2.05, 4.69) is 0 Å². The van der Waals surface area contributed by atoms with E-state index in [0.29, 0.717) is 12.8 Å². The Balaban J connectivity index is 2.99. The van der Waals surface area contributed by atoms with Crippen LogP contribution in [0, 0.1) is 0 Å². The van der Waals surface area contributed by atoms with Crippen LogP contribution >= 0.6 is 11.6 Å². The standard InChI is InChI=1S/C14H25ClO3/c15-13(16)11-9-7-5-3-1-2-4-6-8-10-12-14(17)18/h1-12H2,(H,17,18). The lowest BCUT2D eigenvalue weighted by molar-refractivity contribution is -0.137. The molecule has 0 spiro atoms. The Labute approximate surface area is 115 Å². The molecule has 0 aliphatic carbocycles. The largest absolute Gasteiger partial charge is 0.481 e. The summed E-state index contributed by atoms with van der Waals surface area (Å²) in [4.78, 5) is 20.7. The first kappa shape index (κ1) is 17.4. The summed E-state index contributed by atoms with van der Waals surface area (Å²) in [5.41, 5.74) is 0. The molecule has 0 aliphatic heterocycles. The fraction of sp³-hybridized carbons (Fsp3) is 0.857. The topological polar surface area (TPSA) is 54.4 Å². The van der Waals surface area contributed by atoms with Crippen molar-refractivity contribution in [3.05, 3.63) is 0 Å². The Morgan fingerprint density at radius 2 is 1.00 bits per heavy atom. The molecule has 106 valence electrons. The second kappa shape index (κ2) is 12.9. The molecule has 0 saturated carbocycles. The van der Waals surface area contributed by atoms with E-state index in [9.17, 15) is 9.59 Å². The molecule has 1 N–H and O–H groups in total. The molecule has 0 aromatic heterocycles. The number of carbonyl (C=O) groups is 2. The smallest absolute Gasteiger partial charge is 0.303 e. The minimum absolute atomic E-state index is 0.226. The molecule has 18 heavy (non-hydrogen) atoms. The maximum absolute atomic E-state index is 10.5. The summed E-state index contributed by atoms with van der Waals surface area (Å²) < 4.78 is 0. The van der Waals surface area contributed by atoms with E-state index in [0.717, 1.165) is 32.1 Å². The van der Waals surface area contributed by atoms with Crippen molar-refractivity contribution in [2.24, 2.45) is 0 Å². The molecular weight excluding hydrogens is 252 g/mol. The van der Waals surface area contributed by atoms with Crippen LogP contribution in [0.4, 0.5) is 0 Å². The third kappa shape index (κ3) is 15.4. The normalized spacial score (nSPS) is 10.5. The Bertz CT molecular complexity index is 205. The quantitative estimate of drug-likeness (QED) is 0.397. The van der Waals surface area contributed by atoms with Crippen molar-refractivity contribution in [2.45, 2.75) is 77.0 Å². The highest BCUT2D eigenvalue weighted by atomic mass is 35.5. The van der Waals surface area contributed by atoms with Crippen LogP contribution in [0.15, 0.2) is 0 Å². The number of aliphatic carboxylic acids is 1. The van der Waals surface area contributed by atoms with E-state index < -0.39 is 5.97 Å². The van der Waals surface area contributed by atoms with Crippen molar-refractivity contribution in [1.82, 2.24) is 0 Å². The van der Waals surface area contributed by atoms with Gasteiger partial charge in [0.1, 0.15) is 0 Å². The zero-order valence-electron chi connectivity index (χ0n) is 11.1. The van der Waals surface area contributed by atoms with Crippen LogP contribution in [-0.4, -0.2) is 16.3 Å². The zero-order chi connectivity index (χ0) is 13.6. The maximum atomic E-state index is 10.5. The molecule has 4 heteroatoms. The van der Waals surface area contributed by atoms with Crippen molar-refractivity contribution in [1.29, 1.82) is 0 Å². The number of carboxylic acid groups (broad SMARTS) is 1.